The number of carbonyl (C=O) groups excluding carboxylic acids is 2. The first-order chi connectivity index (χ1) is 17.2. The molecule has 0 saturated carbocycles. The summed E-state index contributed by atoms with van der Waals surface area (Å²) in [4.78, 5) is 35.2. The van der Waals surface area contributed by atoms with Crippen LogP contribution in [0.15, 0.2) is 75.9 Å². The molecule has 0 radical (unpaired) electrons. The van der Waals surface area contributed by atoms with Crippen LogP contribution in [0.25, 0.3) is 0 Å². The number of aryl methyl sites for hydroxylation is 2. The Morgan fingerprint density at radius 2 is 1.83 bits per heavy atom. The van der Waals surface area contributed by atoms with Crippen molar-refractivity contribution in [3.63, 3.8) is 0 Å². The van der Waals surface area contributed by atoms with Gasteiger partial charge in [0.05, 0.1) is 29.8 Å². The zero-order chi connectivity index (χ0) is 26.0. The number of esters is 1. The summed E-state index contributed by atoms with van der Waals surface area (Å²) in [7, 11) is 1.82. The molecule has 2 heterocycles. The number of benzene rings is 2. The van der Waals surface area contributed by atoms with Gasteiger partial charge in [0.25, 0.3) is 0 Å². The average molecular weight is 504 g/mol. The molecule has 0 spiro atoms. The number of aliphatic imine (C=N–C) groups is 1. The molecule has 0 N–H and O–H groups in total. The Kier molecular flexibility index (Phi) is 7.69. The van der Waals surface area contributed by atoms with Gasteiger partial charge < -0.3 is 14.5 Å². The van der Waals surface area contributed by atoms with Crippen LogP contribution in [0.3, 0.4) is 0 Å². The van der Waals surface area contributed by atoms with Crippen molar-refractivity contribution in [2.45, 2.75) is 59.7 Å². The summed E-state index contributed by atoms with van der Waals surface area (Å²) in [5.74, 6) is -0.371. The van der Waals surface area contributed by atoms with E-state index >= 15 is 0 Å². The lowest BCUT2D eigenvalue weighted by Crippen LogP contribution is -2.38. The van der Waals surface area contributed by atoms with Crippen LogP contribution in [0.2, 0.25) is 0 Å². The van der Waals surface area contributed by atoms with E-state index in [0.717, 1.165) is 33.1 Å². The van der Waals surface area contributed by atoms with Crippen LogP contribution in [-0.2, 0) is 20.9 Å². The number of thioether (sulfide) groups is 1. The Hall–Kier alpha value is -3.32. The molecular weight excluding hydrogens is 470 g/mol. The van der Waals surface area contributed by atoms with Gasteiger partial charge in [-0.1, -0.05) is 65.9 Å². The SMILES string of the molecule is CC1=C(C(=O)OC(C)C)[C@H](c2cc(C)ccc2C)N2C(CC(=O)N(C)Cc3ccccc3)=CSC2=N1. The third-order valence-electron chi connectivity index (χ3n) is 6.31. The van der Waals surface area contributed by atoms with Crippen LogP contribution < -0.4 is 0 Å². The van der Waals surface area contributed by atoms with Crippen molar-refractivity contribution in [2.75, 3.05) is 7.05 Å². The Labute approximate surface area is 217 Å². The fourth-order valence-corrected chi connectivity index (χ4v) is 5.46. The number of rotatable bonds is 7. The molecule has 0 fully saturated rings. The summed E-state index contributed by atoms with van der Waals surface area (Å²) in [6.07, 6.45) is -0.0407. The topological polar surface area (TPSA) is 62.2 Å². The second-order valence-electron chi connectivity index (χ2n) is 9.62. The number of amides is 1. The first-order valence-electron chi connectivity index (χ1n) is 12.2. The van der Waals surface area contributed by atoms with Gasteiger partial charge in [-0.2, -0.15) is 0 Å². The maximum absolute atomic E-state index is 13.4. The molecule has 0 saturated heterocycles. The van der Waals surface area contributed by atoms with Gasteiger partial charge in [0.1, 0.15) is 0 Å². The smallest absolute Gasteiger partial charge is 0.338 e. The number of allylic oxidation sites excluding steroid dienone is 1. The van der Waals surface area contributed by atoms with E-state index in [-0.39, 0.29) is 24.4 Å². The first-order valence-corrected chi connectivity index (χ1v) is 13.0. The Balaban J connectivity index is 1.68. The second-order valence-corrected chi connectivity index (χ2v) is 10.5. The van der Waals surface area contributed by atoms with Crippen molar-refractivity contribution in [3.8, 4) is 0 Å². The molecular formula is C29H33N3O3S. The number of amidine groups is 1. The summed E-state index contributed by atoms with van der Waals surface area (Å²) in [6.45, 7) is 10.2. The van der Waals surface area contributed by atoms with Crippen molar-refractivity contribution in [3.05, 3.63) is 93.2 Å². The monoisotopic (exact) mass is 503 g/mol. The predicted octanol–water partition coefficient (Wildman–Crippen LogP) is 5.88. The first kappa shape index (κ1) is 25.8. The van der Waals surface area contributed by atoms with E-state index in [4.69, 9.17) is 9.73 Å². The van der Waals surface area contributed by atoms with E-state index in [1.807, 2.05) is 82.3 Å². The van der Waals surface area contributed by atoms with E-state index in [1.54, 1.807) is 4.90 Å². The van der Waals surface area contributed by atoms with E-state index < -0.39 is 6.04 Å². The summed E-state index contributed by atoms with van der Waals surface area (Å²) in [6, 6.07) is 15.8. The van der Waals surface area contributed by atoms with Gasteiger partial charge in [-0.15, -0.1) is 0 Å². The van der Waals surface area contributed by atoms with Gasteiger partial charge in [0.15, 0.2) is 5.17 Å². The maximum atomic E-state index is 13.4. The number of nitrogens with zero attached hydrogens (tertiary/aromatic N) is 3. The second kappa shape index (κ2) is 10.7. The molecule has 4 rings (SSSR count). The summed E-state index contributed by atoms with van der Waals surface area (Å²) in [5, 5.41) is 2.75. The Morgan fingerprint density at radius 3 is 2.53 bits per heavy atom. The van der Waals surface area contributed by atoms with Crippen molar-refractivity contribution >= 4 is 28.8 Å². The van der Waals surface area contributed by atoms with Crippen LogP contribution in [-0.4, -0.2) is 40.0 Å². The molecule has 1 amide bonds. The van der Waals surface area contributed by atoms with E-state index in [1.165, 1.54) is 11.8 Å². The molecule has 7 heteroatoms. The lowest BCUT2D eigenvalue weighted by Gasteiger charge is -2.37. The highest BCUT2D eigenvalue weighted by atomic mass is 32.2. The van der Waals surface area contributed by atoms with Gasteiger partial charge in [0, 0.05) is 19.3 Å². The van der Waals surface area contributed by atoms with E-state index in [9.17, 15) is 9.59 Å². The highest BCUT2D eigenvalue weighted by Crippen LogP contribution is 2.46. The quantitative estimate of drug-likeness (QED) is 0.442. The van der Waals surface area contributed by atoms with Crippen LogP contribution in [0.5, 0.6) is 0 Å². The molecule has 0 aromatic heterocycles. The van der Waals surface area contributed by atoms with E-state index in [0.29, 0.717) is 17.8 Å². The maximum Gasteiger partial charge on any atom is 0.338 e. The molecule has 2 aromatic rings. The molecule has 0 bridgehead atoms. The number of carbonyl (C=O) groups is 2. The molecule has 2 aromatic carbocycles. The molecule has 0 aliphatic carbocycles. The number of hydrogen-bond donors (Lipinski definition) is 0. The zero-order valence-corrected chi connectivity index (χ0v) is 22.6. The minimum atomic E-state index is -0.419. The number of ether oxygens (including phenoxy) is 1. The van der Waals surface area contributed by atoms with Crippen molar-refractivity contribution in [1.29, 1.82) is 0 Å². The fourth-order valence-electron chi connectivity index (χ4n) is 4.49. The van der Waals surface area contributed by atoms with Crippen molar-refractivity contribution < 1.29 is 14.3 Å². The van der Waals surface area contributed by atoms with Crippen molar-refractivity contribution in [2.24, 2.45) is 4.99 Å². The molecule has 6 nitrogen and oxygen atoms in total. The molecule has 188 valence electrons. The third-order valence-corrected chi connectivity index (χ3v) is 7.20. The Bertz CT molecular complexity index is 1260. The van der Waals surface area contributed by atoms with Crippen LogP contribution in [0.1, 0.15) is 55.5 Å². The zero-order valence-electron chi connectivity index (χ0n) is 21.7. The lowest BCUT2D eigenvalue weighted by atomic mass is 9.90. The van der Waals surface area contributed by atoms with Gasteiger partial charge in [-0.3, -0.25) is 4.79 Å². The predicted molar refractivity (Wildman–Crippen MR) is 145 cm³/mol. The molecule has 0 unspecified atom stereocenters. The Morgan fingerprint density at radius 1 is 1.11 bits per heavy atom. The van der Waals surface area contributed by atoms with Crippen LogP contribution >= 0.6 is 11.8 Å². The summed E-state index contributed by atoms with van der Waals surface area (Å²) in [5.41, 5.74) is 6.25. The molecule has 36 heavy (non-hydrogen) atoms. The molecule has 1 atom stereocenters. The fraction of sp³-hybridized carbons (Fsp3) is 0.345. The third kappa shape index (κ3) is 5.41. The minimum absolute atomic E-state index is 0.00393. The van der Waals surface area contributed by atoms with Gasteiger partial charge in [-0.05, 0) is 56.7 Å². The highest BCUT2D eigenvalue weighted by molar-refractivity contribution is 8.16. The molecule has 2 aliphatic rings. The number of hydrogen-bond acceptors (Lipinski definition) is 6. The van der Waals surface area contributed by atoms with E-state index in [2.05, 4.69) is 18.2 Å². The van der Waals surface area contributed by atoms with Gasteiger partial charge in [-0.25, -0.2) is 9.79 Å². The largest absolute Gasteiger partial charge is 0.459 e. The molecule has 2 aliphatic heterocycles. The van der Waals surface area contributed by atoms with Gasteiger partial charge >= 0.3 is 5.97 Å². The van der Waals surface area contributed by atoms with Crippen LogP contribution in [0.4, 0.5) is 0 Å². The standard InChI is InChI=1S/C29H33N3O3S/c1-18(2)35-28(34)26-21(5)30-29-32(27(26)24-14-19(3)12-13-20(24)4)23(17-36-29)15-25(33)31(6)16-22-10-8-7-9-11-22/h7-14,17-18,27H,15-16H2,1-6H3/t27-/m0/s1. The summed E-state index contributed by atoms with van der Waals surface area (Å²) < 4.78 is 5.66. The summed E-state index contributed by atoms with van der Waals surface area (Å²) >= 11 is 1.49. The normalized spacial score (nSPS) is 17.1. The van der Waals surface area contributed by atoms with Crippen molar-refractivity contribution in [1.82, 2.24) is 9.80 Å². The van der Waals surface area contributed by atoms with Gasteiger partial charge in [0.2, 0.25) is 5.91 Å². The minimum Gasteiger partial charge on any atom is -0.459 e. The highest BCUT2D eigenvalue weighted by Gasteiger charge is 2.42. The lowest BCUT2D eigenvalue weighted by molar-refractivity contribution is -0.143. The average Bonchev–Trinajstić information content (AvgIpc) is 3.21. The number of fused-ring (bicyclic) bond motifs is 1. The van der Waals surface area contributed by atoms with Crippen LogP contribution in [0, 0.1) is 13.8 Å².